The molecule has 0 unspecified atom stereocenters. The molecule has 0 atom stereocenters. The fourth-order valence-electron chi connectivity index (χ4n) is 3.75. The lowest BCUT2D eigenvalue weighted by atomic mass is 10.1. The van der Waals surface area contributed by atoms with Gasteiger partial charge >= 0.3 is 0 Å². The molecule has 1 saturated heterocycles. The second kappa shape index (κ2) is 10.3. The average molecular weight is 448 g/mol. The second-order valence-corrected chi connectivity index (χ2v) is 8.24. The van der Waals surface area contributed by atoms with E-state index in [1.165, 1.54) is 12.6 Å². The number of nitrogens with one attached hydrogen (secondary N) is 3. The van der Waals surface area contributed by atoms with E-state index >= 15 is 0 Å². The maximum absolute atomic E-state index is 12.7. The maximum atomic E-state index is 12.7. The second-order valence-electron chi connectivity index (χ2n) is 7.81. The fourth-order valence-corrected chi connectivity index (χ4v) is 3.86. The van der Waals surface area contributed by atoms with E-state index < -0.39 is 0 Å². The SMILES string of the molecule is N=C(c1ccc(CNc2ccccc2C(=O)Nc2ccc(Cl)cn2)cc1)N1CCCCC1. The Morgan fingerprint density at radius 3 is 2.47 bits per heavy atom. The van der Waals surface area contributed by atoms with Gasteiger partial charge in [0.2, 0.25) is 0 Å². The number of halogens is 1. The van der Waals surface area contributed by atoms with E-state index in [1.54, 1.807) is 18.2 Å². The Morgan fingerprint density at radius 2 is 1.75 bits per heavy atom. The summed E-state index contributed by atoms with van der Waals surface area (Å²) < 4.78 is 0. The number of likely N-dealkylation sites (tertiary alicyclic amines) is 1. The Labute approximate surface area is 193 Å². The highest BCUT2D eigenvalue weighted by molar-refractivity contribution is 6.30. The lowest BCUT2D eigenvalue weighted by molar-refractivity contribution is 0.102. The van der Waals surface area contributed by atoms with Crippen molar-refractivity contribution >= 4 is 34.8 Å². The predicted molar refractivity (Wildman–Crippen MR) is 130 cm³/mol. The first kappa shape index (κ1) is 21.8. The van der Waals surface area contributed by atoms with E-state index in [2.05, 4.69) is 20.5 Å². The molecule has 164 valence electrons. The van der Waals surface area contributed by atoms with Crippen LogP contribution >= 0.6 is 11.6 Å². The van der Waals surface area contributed by atoms with Gasteiger partial charge in [-0.1, -0.05) is 48.0 Å². The van der Waals surface area contributed by atoms with Crippen molar-refractivity contribution < 1.29 is 4.79 Å². The summed E-state index contributed by atoms with van der Waals surface area (Å²) in [5.74, 6) is 0.802. The zero-order valence-corrected chi connectivity index (χ0v) is 18.5. The first-order chi connectivity index (χ1) is 15.6. The summed E-state index contributed by atoms with van der Waals surface area (Å²) in [4.78, 5) is 19.0. The van der Waals surface area contributed by atoms with Gasteiger partial charge in [0.25, 0.3) is 5.91 Å². The number of anilines is 2. The van der Waals surface area contributed by atoms with Crippen LogP contribution < -0.4 is 10.6 Å². The van der Waals surface area contributed by atoms with Crippen LogP contribution in [-0.4, -0.2) is 34.7 Å². The van der Waals surface area contributed by atoms with Crippen molar-refractivity contribution in [2.24, 2.45) is 0 Å². The number of hydrogen-bond acceptors (Lipinski definition) is 4. The highest BCUT2D eigenvalue weighted by Crippen LogP contribution is 2.19. The summed E-state index contributed by atoms with van der Waals surface area (Å²) in [5.41, 5.74) is 3.29. The quantitative estimate of drug-likeness (QED) is 0.348. The minimum absolute atomic E-state index is 0.242. The zero-order valence-electron chi connectivity index (χ0n) is 17.8. The van der Waals surface area contributed by atoms with E-state index in [-0.39, 0.29) is 5.91 Å². The number of amides is 1. The van der Waals surface area contributed by atoms with Gasteiger partial charge in [-0.2, -0.15) is 0 Å². The first-order valence-electron chi connectivity index (χ1n) is 10.8. The van der Waals surface area contributed by atoms with Gasteiger partial charge in [-0.25, -0.2) is 4.98 Å². The molecule has 32 heavy (non-hydrogen) atoms. The Kier molecular flexibility index (Phi) is 7.02. The molecule has 1 fully saturated rings. The molecule has 1 amide bonds. The molecule has 2 aromatic carbocycles. The number of para-hydroxylation sites is 1. The van der Waals surface area contributed by atoms with Gasteiger partial charge in [-0.05, 0) is 49.1 Å². The van der Waals surface area contributed by atoms with Crippen LogP contribution in [0.5, 0.6) is 0 Å². The molecular formula is C25H26ClN5O. The van der Waals surface area contributed by atoms with Crippen LogP contribution in [0.3, 0.4) is 0 Å². The number of benzene rings is 2. The summed E-state index contributed by atoms with van der Waals surface area (Å²) in [6.45, 7) is 2.50. The van der Waals surface area contributed by atoms with Crippen LogP contribution in [0.15, 0.2) is 66.9 Å². The largest absolute Gasteiger partial charge is 0.380 e. The summed E-state index contributed by atoms with van der Waals surface area (Å²) in [6, 6.07) is 18.8. The lowest BCUT2D eigenvalue weighted by Gasteiger charge is -2.29. The summed E-state index contributed by atoms with van der Waals surface area (Å²) in [5, 5.41) is 15.1. The average Bonchev–Trinajstić information content (AvgIpc) is 2.85. The number of nitrogens with zero attached hydrogens (tertiary/aromatic N) is 2. The monoisotopic (exact) mass is 447 g/mol. The third kappa shape index (κ3) is 5.45. The molecule has 4 rings (SSSR count). The Morgan fingerprint density at radius 1 is 1.00 bits per heavy atom. The lowest BCUT2D eigenvalue weighted by Crippen LogP contribution is -2.35. The molecule has 0 aliphatic carbocycles. The van der Waals surface area contributed by atoms with Crippen molar-refractivity contribution in [3.8, 4) is 0 Å². The normalized spacial score (nSPS) is 13.5. The third-order valence-electron chi connectivity index (χ3n) is 5.52. The molecule has 3 N–H and O–H groups in total. The van der Waals surface area contributed by atoms with E-state index in [1.807, 2.05) is 42.5 Å². The number of aromatic nitrogens is 1. The molecule has 7 heteroatoms. The molecular weight excluding hydrogens is 422 g/mol. The van der Waals surface area contributed by atoms with Crippen LogP contribution in [0, 0.1) is 5.41 Å². The van der Waals surface area contributed by atoms with E-state index in [0.29, 0.717) is 28.8 Å². The number of piperidine rings is 1. The summed E-state index contributed by atoms with van der Waals surface area (Å²) in [6.07, 6.45) is 5.07. The van der Waals surface area contributed by atoms with E-state index in [9.17, 15) is 4.79 Å². The highest BCUT2D eigenvalue weighted by atomic mass is 35.5. The molecule has 1 aliphatic rings. The van der Waals surface area contributed by atoms with Crippen molar-refractivity contribution in [2.45, 2.75) is 25.8 Å². The molecule has 3 aromatic rings. The van der Waals surface area contributed by atoms with Gasteiger partial charge in [-0.3, -0.25) is 10.2 Å². The summed E-state index contributed by atoms with van der Waals surface area (Å²) in [7, 11) is 0. The highest BCUT2D eigenvalue weighted by Gasteiger charge is 2.15. The molecule has 1 aromatic heterocycles. The van der Waals surface area contributed by atoms with Gasteiger partial charge in [0.1, 0.15) is 11.7 Å². The predicted octanol–water partition coefficient (Wildman–Crippen LogP) is 5.41. The summed E-state index contributed by atoms with van der Waals surface area (Å²) >= 11 is 5.86. The smallest absolute Gasteiger partial charge is 0.258 e. The van der Waals surface area contributed by atoms with Crippen molar-refractivity contribution in [2.75, 3.05) is 23.7 Å². The van der Waals surface area contributed by atoms with E-state index in [4.69, 9.17) is 17.0 Å². The topological polar surface area (TPSA) is 81.1 Å². The standard InChI is InChI=1S/C25H26ClN5O/c26-20-12-13-23(29-17-20)30-25(32)21-6-2-3-7-22(21)28-16-18-8-10-19(11-9-18)24(27)31-14-4-1-5-15-31/h2-3,6-13,17,27-28H,1,4-5,14-16H2,(H,29,30,32). The molecule has 6 nitrogen and oxygen atoms in total. The molecule has 0 bridgehead atoms. The van der Waals surface area contributed by atoms with Gasteiger partial charge in [0, 0.05) is 37.1 Å². The molecule has 0 spiro atoms. The van der Waals surface area contributed by atoms with Gasteiger partial charge in [0.05, 0.1) is 10.6 Å². The Hall–Kier alpha value is -3.38. The van der Waals surface area contributed by atoms with Gasteiger partial charge in [0.15, 0.2) is 0 Å². The number of rotatable bonds is 6. The van der Waals surface area contributed by atoms with Crippen LogP contribution in [-0.2, 0) is 6.54 Å². The third-order valence-corrected chi connectivity index (χ3v) is 5.75. The van der Waals surface area contributed by atoms with Crippen LogP contribution in [0.25, 0.3) is 0 Å². The zero-order chi connectivity index (χ0) is 22.3. The number of pyridine rings is 1. The van der Waals surface area contributed by atoms with Crippen molar-refractivity contribution in [1.82, 2.24) is 9.88 Å². The first-order valence-corrected chi connectivity index (χ1v) is 11.2. The maximum Gasteiger partial charge on any atom is 0.258 e. The van der Waals surface area contributed by atoms with Crippen molar-refractivity contribution in [3.05, 3.63) is 88.6 Å². The Balaban J connectivity index is 1.39. The fraction of sp³-hybridized carbons (Fsp3) is 0.240. The van der Waals surface area contributed by atoms with Gasteiger partial charge < -0.3 is 15.5 Å². The van der Waals surface area contributed by atoms with Crippen molar-refractivity contribution in [1.29, 1.82) is 5.41 Å². The minimum atomic E-state index is -0.242. The van der Waals surface area contributed by atoms with E-state index in [0.717, 1.165) is 42.7 Å². The minimum Gasteiger partial charge on any atom is -0.380 e. The number of hydrogen-bond donors (Lipinski definition) is 3. The number of amidine groups is 1. The molecule has 0 saturated carbocycles. The molecule has 0 radical (unpaired) electrons. The number of carbonyl (C=O) groups is 1. The molecule has 1 aliphatic heterocycles. The van der Waals surface area contributed by atoms with Crippen molar-refractivity contribution in [3.63, 3.8) is 0 Å². The van der Waals surface area contributed by atoms with Crippen LogP contribution in [0.4, 0.5) is 11.5 Å². The van der Waals surface area contributed by atoms with Gasteiger partial charge in [-0.15, -0.1) is 0 Å². The number of carbonyl (C=O) groups excluding carboxylic acids is 1. The molecule has 2 heterocycles. The van der Waals surface area contributed by atoms with Crippen LogP contribution in [0.1, 0.15) is 40.7 Å². The van der Waals surface area contributed by atoms with Crippen LogP contribution in [0.2, 0.25) is 5.02 Å². The Bertz CT molecular complexity index is 1080.